The number of nitrogens with two attached hydrogens (primary N) is 1. The second-order valence-corrected chi connectivity index (χ2v) is 5.72. The summed E-state index contributed by atoms with van der Waals surface area (Å²) < 4.78 is 0. The smallest absolute Gasteiger partial charge is 0.195 e. The first-order valence-electron chi connectivity index (χ1n) is 7.36. The Morgan fingerprint density at radius 3 is 1.75 bits per heavy atom. The monoisotopic (exact) mass is 335 g/mol. The minimum absolute atomic E-state index is 0.176. The fourth-order valence-corrected chi connectivity index (χ4v) is 2.66. The van der Waals surface area contributed by atoms with Crippen LogP contribution in [-0.4, -0.2) is 11.6 Å². The molecule has 4 heteroatoms. The van der Waals surface area contributed by atoms with Crippen molar-refractivity contribution in [3.05, 3.63) is 100 Å². The third-order valence-corrected chi connectivity index (χ3v) is 4.02. The molecule has 0 aliphatic heterocycles. The van der Waals surface area contributed by atoms with Crippen molar-refractivity contribution in [3.8, 4) is 0 Å². The normalized spacial score (nSPS) is 10.4. The second kappa shape index (κ2) is 6.69. The molecule has 0 fully saturated rings. The summed E-state index contributed by atoms with van der Waals surface area (Å²) in [6.45, 7) is 0. The first kappa shape index (κ1) is 16.0. The molecule has 0 saturated carbocycles. The molecule has 0 radical (unpaired) electrons. The van der Waals surface area contributed by atoms with Crippen LogP contribution in [0.5, 0.6) is 0 Å². The molecule has 0 heterocycles. The number of benzene rings is 3. The van der Waals surface area contributed by atoms with Gasteiger partial charge in [0.05, 0.1) is 10.7 Å². The number of carbonyl (C=O) groups is 2. The van der Waals surface area contributed by atoms with Crippen LogP contribution in [-0.2, 0) is 0 Å². The highest BCUT2D eigenvalue weighted by molar-refractivity contribution is 6.35. The molecule has 0 saturated heterocycles. The molecule has 118 valence electrons. The molecular formula is C20H14ClNO2. The van der Waals surface area contributed by atoms with Gasteiger partial charge >= 0.3 is 0 Å². The van der Waals surface area contributed by atoms with Crippen molar-refractivity contribution in [1.29, 1.82) is 0 Å². The summed E-state index contributed by atoms with van der Waals surface area (Å²) in [6.07, 6.45) is 0. The first-order valence-corrected chi connectivity index (χ1v) is 7.74. The molecule has 0 bridgehead atoms. The van der Waals surface area contributed by atoms with E-state index in [9.17, 15) is 9.59 Å². The molecule has 0 aliphatic rings. The Morgan fingerprint density at radius 1 is 0.708 bits per heavy atom. The third kappa shape index (κ3) is 3.07. The van der Waals surface area contributed by atoms with Gasteiger partial charge in [0.1, 0.15) is 0 Å². The summed E-state index contributed by atoms with van der Waals surface area (Å²) in [7, 11) is 0. The Labute approximate surface area is 144 Å². The maximum Gasteiger partial charge on any atom is 0.195 e. The van der Waals surface area contributed by atoms with Gasteiger partial charge in [-0.15, -0.1) is 0 Å². The lowest BCUT2D eigenvalue weighted by molar-refractivity contribution is 0.103. The van der Waals surface area contributed by atoms with E-state index in [1.54, 1.807) is 48.5 Å². The van der Waals surface area contributed by atoms with E-state index in [-0.39, 0.29) is 27.8 Å². The number of nitrogen functional groups attached to an aromatic ring is 1. The quantitative estimate of drug-likeness (QED) is 0.568. The van der Waals surface area contributed by atoms with Crippen LogP contribution in [0.1, 0.15) is 31.8 Å². The largest absolute Gasteiger partial charge is 0.397 e. The summed E-state index contributed by atoms with van der Waals surface area (Å²) in [6, 6.07) is 20.6. The van der Waals surface area contributed by atoms with Crippen molar-refractivity contribution in [2.45, 2.75) is 0 Å². The number of hydrogen-bond donors (Lipinski definition) is 1. The van der Waals surface area contributed by atoms with E-state index in [2.05, 4.69) is 0 Å². The van der Waals surface area contributed by atoms with Crippen molar-refractivity contribution in [2.75, 3.05) is 5.73 Å². The predicted molar refractivity (Wildman–Crippen MR) is 95.6 cm³/mol. The Balaban J connectivity index is 2.07. The first-order chi connectivity index (χ1) is 11.6. The Kier molecular flexibility index (Phi) is 4.45. The Hall–Kier alpha value is -2.91. The Morgan fingerprint density at radius 2 is 1.21 bits per heavy atom. The number of anilines is 1. The molecule has 0 amide bonds. The summed E-state index contributed by atoms with van der Waals surface area (Å²) in [5.74, 6) is -0.475. The van der Waals surface area contributed by atoms with E-state index in [1.165, 1.54) is 12.1 Å². The van der Waals surface area contributed by atoms with Gasteiger partial charge in [-0.25, -0.2) is 0 Å². The molecule has 0 aliphatic carbocycles. The SMILES string of the molecule is Nc1c(Cl)cc(C(=O)c2ccccc2)cc1C(=O)c1ccccc1. The molecule has 2 N–H and O–H groups in total. The van der Waals surface area contributed by atoms with Crippen LogP contribution in [0.25, 0.3) is 0 Å². The van der Waals surface area contributed by atoms with Crippen LogP contribution in [0.15, 0.2) is 72.8 Å². The van der Waals surface area contributed by atoms with E-state index < -0.39 is 0 Å². The third-order valence-electron chi connectivity index (χ3n) is 3.71. The summed E-state index contributed by atoms with van der Waals surface area (Å²) in [4.78, 5) is 25.3. The topological polar surface area (TPSA) is 60.2 Å². The number of halogens is 1. The van der Waals surface area contributed by atoms with Crippen LogP contribution < -0.4 is 5.73 Å². The van der Waals surface area contributed by atoms with E-state index in [1.807, 2.05) is 12.1 Å². The van der Waals surface area contributed by atoms with E-state index >= 15 is 0 Å². The molecule has 0 unspecified atom stereocenters. The average molecular weight is 336 g/mol. The maximum atomic E-state index is 12.7. The number of hydrogen-bond acceptors (Lipinski definition) is 3. The van der Waals surface area contributed by atoms with Crippen LogP contribution in [0.3, 0.4) is 0 Å². The lowest BCUT2D eigenvalue weighted by Crippen LogP contribution is -2.09. The van der Waals surface area contributed by atoms with Gasteiger partial charge in [0.2, 0.25) is 0 Å². The van der Waals surface area contributed by atoms with Crippen molar-refractivity contribution in [3.63, 3.8) is 0 Å². The second-order valence-electron chi connectivity index (χ2n) is 5.31. The van der Waals surface area contributed by atoms with Crippen LogP contribution in [0.2, 0.25) is 5.02 Å². The van der Waals surface area contributed by atoms with Gasteiger partial charge in [-0.2, -0.15) is 0 Å². The van der Waals surface area contributed by atoms with E-state index in [4.69, 9.17) is 17.3 Å². The highest BCUT2D eigenvalue weighted by atomic mass is 35.5. The average Bonchev–Trinajstić information content (AvgIpc) is 2.64. The van der Waals surface area contributed by atoms with Crippen LogP contribution >= 0.6 is 11.6 Å². The van der Waals surface area contributed by atoms with Gasteiger partial charge in [-0.3, -0.25) is 9.59 Å². The molecule has 3 rings (SSSR count). The lowest BCUT2D eigenvalue weighted by atomic mass is 9.96. The lowest BCUT2D eigenvalue weighted by Gasteiger charge is -2.10. The van der Waals surface area contributed by atoms with Crippen LogP contribution in [0.4, 0.5) is 5.69 Å². The summed E-state index contributed by atoms with van der Waals surface area (Å²) >= 11 is 6.15. The van der Waals surface area contributed by atoms with Crippen molar-refractivity contribution in [2.24, 2.45) is 0 Å². The van der Waals surface area contributed by atoms with Gasteiger partial charge in [0.15, 0.2) is 11.6 Å². The molecule has 0 atom stereocenters. The molecule has 3 aromatic rings. The van der Waals surface area contributed by atoms with Gasteiger partial charge in [-0.1, -0.05) is 72.3 Å². The van der Waals surface area contributed by atoms with Gasteiger partial charge in [-0.05, 0) is 12.1 Å². The van der Waals surface area contributed by atoms with E-state index in [0.717, 1.165) is 0 Å². The summed E-state index contributed by atoms with van der Waals surface area (Å²) in [5, 5.41) is 0.191. The Bertz CT molecular complexity index is 906. The standard InChI is InChI=1S/C20H14ClNO2/c21-17-12-15(19(23)13-7-3-1-4-8-13)11-16(18(17)22)20(24)14-9-5-2-6-10-14/h1-12H,22H2. The zero-order chi connectivity index (χ0) is 17.1. The number of ketones is 2. The maximum absolute atomic E-state index is 12.7. The number of carbonyl (C=O) groups excluding carboxylic acids is 2. The van der Waals surface area contributed by atoms with Crippen molar-refractivity contribution < 1.29 is 9.59 Å². The molecule has 3 nitrogen and oxygen atoms in total. The van der Waals surface area contributed by atoms with E-state index in [0.29, 0.717) is 16.7 Å². The molecule has 24 heavy (non-hydrogen) atoms. The molecule has 0 aromatic heterocycles. The van der Waals surface area contributed by atoms with Gasteiger partial charge in [0, 0.05) is 22.3 Å². The van der Waals surface area contributed by atoms with Gasteiger partial charge < -0.3 is 5.73 Å². The predicted octanol–water partition coefficient (Wildman–Crippen LogP) is 4.38. The van der Waals surface area contributed by atoms with Crippen molar-refractivity contribution in [1.82, 2.24) is 0 Å². The zero-order valence-corrected chi connectivity index (χ0v) is 13.5. The molecule has 3 aromatic carbocycles. The highest BCUT2D eigenvalue weighted by Crippen LogP contribution is 2.28. The summed E-state index contributed by atoms with van der Waals surface area (Å²) in [5.41, 5.74) is 7.72. The number of rotatable bonds is 4. The van der Waals surface area contributed by atoms with Gasteiger partial charge in [0.25, 0.3) is 0 Å². The fourth-order valence-electron chi connectivity index (χ4n) is 2.44. The minimum atomic E-state index is -0.266. The minimum Gasteiger partial charge on any atom is -0.397 e. The molecule has 0 spiro atoms. The zero-order valence-electron chi connectivity index (χ0n) is 12.7. The fraction of sp³-hybridized carbons (Fsp3) is 0. The van der Waals surface area contributed by atoms with Crippen LogP contribution in [0, 0.1) is 0 Å². The highest BCUT2D eigenvalue weighted by Gasteiger charge is 2.19. The van der Waals surface area contributed by atoms with Crippen molar-refractivity contribution >= 4 is 28.9 Å². The molecular weight excluding hydrogens is 322 g/mol.